The molecule has 0 saturated heterocycles. The second-order valence-electron chi connectivity index (χ2n) is 4.82. The summed E-state index contributed by atoms with van der Waals surface area (Å²) >= 11 is 3.30. The summed E-state index contributed by atoms with van der Waals surface area (Å²) in [5.41, 5.74) is 6.20. The molecule has 0 heterocycles. The molecular formula is C14H21BrN2O3. The maximum atomic E-state index is 11.1. The molecule has 1 amide bonds. The Morgan fingerprint density at radius 2 is 2.15 bits per heavy atom. The van der Waals surface area contributed by atoms with Gasteiger partial charge in [-0.05, 0) is 54.4 Å². The number of hydrogen-bond acceptors (Lipinski definition) is 4. The van der Waals surface area contributed by atoms with Gasteiger partial charge in [-0.15, -0.1) is 0 Å². The van der Waals surface area contributed by atoms with Crippen molar-refractivity contribution in [2.75, 3.05) is 13.2 Å². The molecule has 0 fully saturated rings. The second-order valence-corrected chi connectivity index (χ2v) is 5.68. The topological polar surface area (TPSA) is 75.8 Å². The van der Waals surface area contributed by atoms with Crippen LogP contribution in [0.2, 0.25) is 0 Å². The largest absolute Gasteiger partial charge is 0.503 e. The molecule has 0 saturated carbocycles. The highest BCUT2D eigenvalue weighted by Gasteiger charge is 2.15. The first-order valence-electron chi connectivity index (χ1n) is 6.51. The van der Waals surface area contributed by atoms with Crippen molar-refractivity contribution in [3.63, 3.8) is 0 Å². The van der Waals surface area contributed by atoms with Gasteiger partial charge in [-0.2, -0.15) is 0 Å². The van der Waals surface area contributed by atoms with E-state index in [1.54, 1.807) is 6.07 Å². The molecule has 5 nitrogen and oxygen atoms in total. The summed E-state index contributed by atoms with van der Waals surface area (Å²) in [6, 6.07) is 3.78. The Hall–Kier alpha value is -1.27. The number of hydrogen-bond donors (Lipinski definition) is 2. The van der Waals surface area contributed by atoms with E-state index in [0.717, 1.165) is 5.56 Å². The Balaban J connectivity index is 2.97. The van der Waals surface area contributed by atoms with E-state index in [2.05, 4.69) is 15.9 Å². The molecule has 0 aliphatic heterocycles. The van der Waals surface area contributed by atoms with Crippen molar-refractivity contribution >= 4 is 21.8 Å². The summed E-state index contributed by atoms with van der Waals surface area (Å²) in [5.74, 6) is 0.155. The monoisotopic (exact) mass is 344 g/mol. The zero-order valence-corrected chi connectivity index (χ0v) is 13.6. The SMILES string of the molecule is CCOc1cc(CN(CC(N)=O)C(C)C)cc(Br)c1O. The Bertz CT molecular complexity index is 478. The molecule has 0 aromatic heterocycles. The quantitative estimate of drug-likeness (QED) is 0.795. The highest BCUT2D eigenvalue weighted by Crippen LogP contribution is 2.35. The number of nitrogens with zero attached hydrogens (tertiary/aromatic N) is 1. The van der Waals surface area contributed by atoms with Gasteiger partial charge in [0.2, 0.25) is 5.91 Å². The lowest BCUT2D eigenvalue weighted by molar-refractivity contribution is -0.119. The summed E-state index contributed by atoms with van der Waals surface area (Å²) < 4.78 is 5.96. The van der Waals surface area contributed by atoms with Gasteiger partial charge in [0.15, 0.2) is 11.5 Å². The van der Waals surface area contributed by atoms with Crippen LogP contribution >= 0.6 is 15.9 Å². The average Bonchev–Trinajstić information content (AvgIpc) is 2.34. The molecule has 0 spiro atoms. The summed E-state index contributed by atoms with van der Waals surface area (Å²) in [7, 11) is 0. The number of phenols is 1. The van der Waals surface area contributed by atoms with Crippen molar-refractivity contribution in [3.05, 3.63) is 22.2 Å². The van der Waals surface area contributed by atoms with E-state index in [1.807, 2.05) is 31.7 Å². The molecule has 1 aromatic carbocycles. The van der Waals surface area contributed by atoms with E-state index in [-0.39, 0.29) is 24.2 Å². The van der Waals surface area contributed by atoms with Crippen LogP contribution < -0.4 is 10.5 Å². The fourth-order valence-corrected chi connectivity index (χ4v) is 2.33. The number of benzene rings is 1. The van der Waals surface area contributed by atoms with E-state index < -0.39 is 0 Å². The van der Waals surface area contributed by atoms with Crippen LogP contribution in [-0.4, -0.2) is 35.1 Å². The highest BCUT2D eigenvalue weighted by molar-refractivity contribution is 9.10. The second kappa shape index (κ2) is 7.50. The van der Waals surface area contributed by atoms with Crippen LogP contribution in [0.5, 0.6) is 11.5 Å². The molecule has 20 heavy (non-hydrogen) atoms. The van der Waals surface area contributed by atoms with E-state index >= 15 is 0 Å². The molecule has 1 rings (SSSR count). The molecule has 6 heteroatoms. The minimum absolute atomic E-state index is 0.0848. The van der Waals surface area contributed by atoms with Crippen LogP contribution in [0.15, 0.2) is 16.6 Å². The third-order valence-electron chi connectivity index (χ3n) is 2.86. The van der Waals surface area contributed by atoms with Crippen molar-refractivity contribution in [3.8, 4) is 11.5 Å². The van der Waals surface area contributed by atoms with Gasteiger partial charge in [-0.25, -0.2) is 0 Å². The average molecular weight is 345 g/mol. The van der Waals surface area contributed by atoms with Gasteiger partial charge >= 0.3 is 0 Å². The van der Waals surface area contributed by atoms with E-state index in [0.29, 0.717) is 23.4 Å². The highest BCUT2D eigenvalue weighted by atomic mass is 79.9. The van der Waals surface area contributed by atoms with Gasteiger partial charge in [0, 0.05) is 12.6 Å². The van der Waals surface area contributed by atoms with E-state index in [4.69, 9.17) is 10.5 Å². The lowest BCUT2D eigenvalue weighted by atomic mass is 10.1. The predicted molar refractivity (Wildman–Crippen MR) is 81.7 cm³/mol. The lowest BCUT2D eigenvalue weighted by Crippen LogP contribution is -2.37. The first-order chi connectivity index (χ1) is 9.35. The van der Waals surface area contributed by atoms with Crippen molar-refractivity contribution in [1.82, 2.24) is 4.90 Å². The number of primary amides is 1. The van der Waals surface area contributed by atoms with Crippen LogP contribution in [0.25, 0.3) is 0 Å². The molecule has 3 N–H and O–H groups in total. The van der Waals surface area contributed by atoms with E-state index in [1.165, 1.54) is 0 Å². The van der Waals surface area contributed by atoms with Crippen molar-refractivity contribution in [2.24, 2.45) is 5.73 Å². The number of nitrogens with two attached hydrogens (primary N) is 1. The van der Waals surface area contributed by atoms with Gasteiger partial charge < -0.3 is 15.6 Å². The smallest absolute Gasteiger partial charge is 0.231 e. The maximum Gasteiger partial charge on any atom is 0.231 e. The molecular weight excluding hydrogens is 324 g/mol. The number of amides is 1. The Morgan fingerprint density at radius 1 is 1.50 bits per heavy atom. The fraction of sp³-hybridized carbons (Fsp3) is 0.500. The van der Waals surface area contributed by atoms with Crippen LogP contribution in [0.3, 0.4) is 0 Å². The third-order valence-corrected chi connectivity index (χ3v) is 3.47. The van der Waals surface area contributed by atoms with Gasteiger partial charge in [0.25, 0.3) is 0 Å². The number of phenolic OH excluding ortho intramolecular Hbond substituents is 1. The molecule has 0 atom stereocenters. The molecule has 1 aromatic rings. The lowest BCUT2D eigenvalue weighted by Gasteiger charge is -2.25. The van der Waals surface area contributed by atoms with Crippen LogP contribution in [0, 0.1) is 0 Å². The van der Waals surface area contributed by atoms with Gasteiger partial charge in [-0.3, -0.25) is 9.69 Å². The third kappa shape index (κ3) is 4.68. The molecule has 0 bridgehead atoms. The standard InChI is InChI=1S/C14H21BrN2O3/c1-4-20-12-6-10(5-11(15)14(12)19)7-17(9(2)3)8-13(16)18/h5-6,9,19H,4,7-8H2,1-3H3,(H2,16,18). The van der Waals surface area contributed by atoms with Gasteiger partial charge in [0.1, 0.15) is 0 Å². The summed E-state index contributed by atoms with van der Waals surface area (Å²) in [4.78, 5) is 13.1. The van der Waals surface area contributed by atoms with Gasteiger partial charge in [0.05, 0.1) is 17.6 Å². The van der Waals surface area contributed by atoms with Crippen LogP contribution in [0.1, 0.15) is 26.3 Å². The van der Waals surface area contributed by atoms with Gasteiger partial charge in [-0.1, -0.05) is 0 Å². The molecule has 0 aliphatic carbocycles. The van der Waals surface area contributed by atoms with Crippen molar-refractivity contribution in [2.45, 2.75) is 33.4 Å². The summed E-state index contributed by atoms with van der Waals surface area (Å²) in [6.45, 7) is 7.08. The summed E-state index contributed by atoms with van der Waals surface area (Å²) in [5, 5.41) is 9.88. The number of ether oxygens (including phenoxy) is 1. The number of rotatable bonds is 7. The maximum absolute atomic E-state index is 11.1. The molecule has 0 unspecified atom stereocenters. The Morgan fingerprint density at radius 3 is 2.65 bits per heavy atom. The Kier molecular flexibility index (Phi) is 6.29. The number of carbonyl (C=O) groups is 1. The van der Waals surface area contributed by atoms with Crippen molar-refractivity contribution < 1.29 is 14.6 Å². The normalized spacial score (nSPS) is 11.1. The first kappa shape index (κ1) is 16.8. The first-order valence-corrected chi connectivity index (χ1v) is 7.31. The van der Waals surface area contributed by atoms with Crippen molar-refractivity contribution in [1.29, 1.82) is 0 Å². The fourth-order valence-electron chi connectivity index (χ4n) is 1.84. The predicted octanol–water partition coefficient (Wildman–Crippen LogP) is 2.25. The number of halogens is 1. The zero-order chi connectivity index (χ0) is 15.3. The minimum Gasteiger partial charge on any atom is -0.503 e. The van der Waals surface area contributed by atoms with E-state index in [9.17, 15) is 9.90 Å². The molecule has 0 aliphatic rings. The summed E-state index contributed by atoms with van der Waals surface area (Å²) in [6.07, 6.45) is 0. The molecule has 112 valence electrons. The van der Waals surface area contributed by atoms with Crippen LogP contribution in [-0.2, 0) is 11.3 Å². The van der Waals surface area contributed by atoms with Crippen LogP contribution in [0.4, 0.5) is 0 Å². The molecule has 0 radical (unpaired) electrons. The Labute approximate surface area is 127 Å². The number of aromatic hydroxyl groups is 1. The number of carbonyl (C=O) groups excluding carboxylic acids is 1. The zero-order valence-electron chi connectivity index (χ0n) is 12.0. The minimum atomic E-state index is -0.360.